The van der Waals surface area contributed by atoms with Crippen molar-refractivity contribution >= 4 is 34.8 Å². The van der Waals surface area contributed by atoms with Gasteiger partial charge in [-0.25, -0.2) is 0 Å². The number of halogens is 3. The van der Waals surface area contributed by atoms with Crippen molar-refractivity contribution in [1.29, 1.82) is 0 Å². The van der Waals surface area contributed by atoms with Crippen molar-refractivity contribution in [2.24, 2.45) is 12.8 Å². The molecule has 1 unspecified atom stereocenters. The molecule has 0 saturated carbocycles. The largest absolute Gasteiger partial charge is 0.324 e. The summed E-state index contributed by atoms with van der Waals surface area (Å²) in [6.45, 7) is 2.02. The summed E-state index contributed by atoms with van der Waals surface area (Å²) in [5.41, 5.74) is 8.76. The Kier molecular flexibility index (Phi) is 4.97. The molecule has 3 nitrogen and oxygen atoms in total. The van der Waals surface area contributed by atoms with Crippen molar-refractivity contribution in [3.8, 4) is 0 Å². The van der Waals surface area contributed by atoms with E-state index in [0.29, 0.717) is 21.5 Å². The highest BCUT2D eigenvalue weighted by molar-refractivity contribution is 6.36. The molecule has 0 fully saturated rings. The summed E-state index contributed by atoms with van der Waals surface area (Å²) in [6.07, 6.45) is 1.32. The van der Waals surface area contributed by atoms with Crippen LogP contribution in [0.2, 0.25) is 15.1 Å². The molecular weight excluding hydrogens is 317 g/mol. The molecule has 0 aliphatic heterocycles. The number of nitrogens with zero attached hydrogens (tertiary/aromatic N) is 2. The molecule has 0 aliphatic rings. The smallest absolute Gasteiger partial charge is 0.0850 e. The zero-order valence-corrected chi connectivity index (χ0v) is 13.6. The Morgan fingerprint density at radius 2 is 1.85 bits per heavy atom. The van der Waals surface area contributed by atoms with Gasteiger partial charge in [0, 0.05) is 35.1 Å². The summed E-state index contributed by atoms with van der Waals surface area (Å²) < 4.78 is 1.77. The lowest BCUT2D eigenvalue weighted by atomic mass is 10.0. The van der Waals surface area contributed by atoms with E-state index in [-0.39, 0.29) is 6.04 Å². The molecule has 0 saturated heterocycles. The van der Waals surface area contributed by atoms with Gasteiger partial charge >= 0.3 is 0 Å². The second-order valence-corrected chi connectivity index (χ2v) is 5.82. The van der Waals surface area contributed by atoms with Crippen molar-refractivity contribution in [3.63, 3.8) is 0 Å². The number of aromatic nitrogens is 2. The molecule has 2 aromatic rings. The minimum atomic E-state index is -0.325. The highest BCUT2D eigenvalue weighted by Gasteiger charge is 2.20. The number of hydrogen-bond donors (Lipinski definition) is 1. The maximum absolute atomic E-state index is 6.34. The minimum absolute atomic E-state index is 0.325. The molecule has 2 N–H and O–H groups in total. The molecule has 2 rings (SSSR count). The van der Waals surface area contributed by atoms with E-state index >= 15 is 0 Å². The van der Waals surface area contributed by atoms with E-state index in [1.807, 2.05) is 14.0 Å². The molecule has 0 bridgehead atoms. The predicted octanol–water partition coefficient (Wildman–Crippen LogP) is 4.19. The van der Waals surface area contributed by atoms with Crippen LogP contribution in [-0.2, 0) is 19.9 Å². The molecule has 0 amide bonds. The van der Waals surface area contributed by atoms with Crippen LogP contribution in [0.3, 0.4) is 0 Å². The molecule has 1 aromatic heterocycles. The highest BCUT2D eigenvalue weighted by Crippen LogP contribution is 2.32. The summed E-state index contributed by atoms with van der Waals surface area (Å²) >= 11 is 18.7. The first kappa shape index (κ1) is 15.6. The Hall–Kier alpha value is -0.740. The fourth-order valence-corrected chi connectivity index (χ4v) is 3.27. The van der Waals surface area contributed by atoms with Crippen molar-refractivity contribution in [3.05, 3.63) is 50.2 Å². The number of aryl methyl sites for hydroxylation is 2. The van der Waals surface area contributed by atoms with Gasteiger partial charge < -0.3 is 5.73 Å². The second-order valence-electron chi connectivity index (χ2n) is 4.63. The van der Waals surface area contributed by atoms with Crippen LogP contribution in [0.4, 0.5) is 0 Å². The van der Waals surface area contributed by atoms with Gasteiger partial charge in [0.1, 0.15) is 0 Å². The van der Waals surface area contributed by atoms with Crippen LogP contribution in [0.1, 0.15) is 29.9 Å². The summed E-state index contributed by atoms with van der Waals surface area (Å²) in [5, 5.41) is 6.20. The zero-order valence-electron chi connectivity index (χ0n) is 11.3. The summed E-state index contributed by atoms with van der Waals surface area (Å²) in [7, 11) is 1.86. The first-order chi connectivity index (χ1) is 9.45. The third-order valence-electron chi connectivity index (χ3n) is 3.29. The number of benzene rings is 1. The van der Waals surface area contributed by atoms with E-state index < -0.39 is 0 Å². The van der Waals surface area contributed by atoms with Crippen LogP contribution in [-0.4, -0.2) is 9.78 Å². The van der Waals surface area contributed by atoms with Gasteiger partial charge in [-0.15, -0.1) is 0 Å². The quantitative estimate of drug-likeness (QED) is 0.912. The molecule has 6 heteroatoms. The van der Waals surface area contributed by atoms with Gasteiger partial charge in [0.25, 0.3) is 0 Å². The fraction of sp³-hybridized carbons (Fsp3) is 0.357. The van der Waals surface area contributed by atoms with Gasteiger partial charge in [0.05, 0.1) is 16.4 Å². The summed E-state index contributed by atoms with van der Waals surface area (Å²) in [4.78, 5) is 0. The third-order valence-corrected chi connectivity index (χ3v) is 4.38. The van der Waals surface area contributed by atoms with Gasteiger partial charge in [-0.3, -0.25) is 4.68 Å². The maximum Gasteiger partial charge on any atom is 0.0850 e. The average Bonchev–Trinajstić information content (AvgIpc) is 2.66. The Balaban J connectivity index is 2.33. The van der Waals surface area contributed by atoms with Crippen LogP contribution < -0.4 is 5.73 Å². The Bertz CT molecular complexity index is 602. The van der Waals surface area contributed by atoms with Crippen molar-refractivity contribution in [2.45, 2.75) is 25.8 Å². The average molecular weight is 333 g/mol. The normalized spacial score (nSPS) is 12.7. The van der Waals surface area contributed by atoms with Gasteiger partial charge in [0.2, 0.25) is 0 Å². The van der Waals surface area contributed by atoms with Crippen LogP contribution in [0.15, 0.2) is 18.2 Å². The summed E-state index contributed by atoms with van der Waals surface area (Å²) in [5.74, 6) is 0. The Morgan fingerprint density at radius 1 is 1.25 bits per heavy atom. The maximum atomic E-state index is 6.34. The van der Waals surface area contributed by atoms with E-state index in [2.05, 4.69) is 5.10 Å². The topological polar surface area (TPSA) is 43.8 Å². The third kappa shape index (κ3) is 2.96. The molecule has 1 heterocycles. The first-order valence-electron chi connectivity index (χ1n) is 6.35. The molecule has 0 radical (unpaired) electrons. The molecule has 108 valence electrons. The SMILES string of the molecule is CCc1nn(C)c(CC(N)c2c(Cl)cccc2Cl)c1Cl. The molecule has 1 aromatic carbocycles. The van der Waals surface area contributed by atoms with Crippen molar-refractivity contribution < 1.29 is 0 Å². The molecular formula is C14H16Cl3N3. The lowest BCUT2D eigenvalue weighted by Gasteiger charge is -2.15. The van der Waals surface area contributed by atoms with Gasteiger partial charge in [-0.2, -0.15) is 5.10 Å². The van der Waals surface area contributed by atoms with E-state index in [1.54, 1.807) is 22.9 Å². The lowest BCUT2D eigenvalue weighted by molar-refractivity contribution is 0.638. The first-order valence-corrected chi connectivity index (χ1v) is 7.48. The molecule has 0 spiro atoms. The monoisotopic (exact) mass is 331 g/mol. The lowest BCUT2D eigenvalue weighted by Crippen LogP contribution is -2.16. The van der Waals surface area contributed by atoms with Crippen molar-refractivity contribution in [2.75, 3.05) is 0 Å². The number of hydrogen-bond acceptors (Lipinski definition) is 2. The van der Waals surface area contributed by atoms with Crippen LogP contribution in [0.5, 0.6) is 0 Å². The second kappa shape index (κ2) is 6.35. The van der Waals surface area contributed by atoms with E-state index in [1.165, 1.54) is 0 Å². The standard InChI is InChI=1S/C14H16Cl3N3/c1-3-11-14(17)12(20(2)19-11)7-10(18)13-8(15)5-4-6-9(13)16/h4-6,10H,3,7,18H2,1-2H3. The molecule has 0 aliphatic carbocycles. The fourth-order valence-electron chi connectivity index (χ4n) is 2.22. The minimum Gasteiger partial charge on any atom is -0.324 e. The highest BCUT2D eigenvalue weighted by atomic mass is 35.5. The van der Waals surface area contributed by atoms with Gasteiger partial charge in [-0.05, 0) is 18.6 Å². The van der Waals surface area contributed by atoms with Crippen molar-refractivity contribution in [1.82, 2.24) is 9.78 Å². The predicted molar refractivity (Wildman–Crippen MR) is 84.7 cm³/mol. The summed E-state index contributed by atoms with van der Waals surface area (Å²) in [6, 6.07) is 5.04. The van der Waals surface area contributed by atoms with E-state index in [0.717, 1.165) is 23.4 Å². The van der Waals surface area contributed by atoms with Crippen LogP contribution in [0.25, 0.3) is 0 Å². The molecule has 20 heavy (non-hydrogen) atoms. The number of rotatable bonds is 4. The van der Waals surface area contributed by atoms with E-state index in [4.69, 9.17) is 40.5 Å². The van der Waals surface area contributed by atoms with E-state index in [9.17, 15) is 0 Å². The van der Waals surface area contributed by atoms with Crippen LogP contribution >= 0.6 is 34.8 Å². The Morgan fingerprint density at radius 3 is 2.35 bits per heavy atom. The molecule has 1 atom stereocenters. The Labute approximate surface area is 133 Å². The van der Waals surface area contributed by atoms with Gasteiger partial charge in [-0.1, -0.05) is 47.8 Å². The van der Waals surface area contributed by atoms with Crippen LogP contribution in [0, 0.1) is 0 Å². The number of nitrogens with two attached hydrogens (primary N) is 1. The van der Waals surface area contributed by atoms with Gasteiger partial charge in [0.15, 0.2) is 0 Å². The zero-order chi connectivity index (χ0) is 14.9.